The van der Waals surface area contributed by atoms with Crippen LogP contribution >= 0.6 is 11.8 Å². The second-order valence-electron chi connectivity index (χ2n) is 8.05. The fourth-order valence-corrected chi connectivity index (χ4v) is 5.04. The summed E-state index contributed by atoms with van der Waals surface area (Å²) in [5.74, 6) is -0.0164. The molecule has 1 unspecified atom stereocenters. The third kappa shape index (κ3) is 5.25. The Morgan fingerprint density at radius 2 is 1.97 bits per heavy atom. The summed E-state index contributed by atoms with van der Waals surface area (Å²) in [5, 5.41) is 3.51. The third-order valence-electron chi connectivity index (χ3n) is 5.78. The molecule has 31 heavy (non-hydrogen) atoms. The van der Waals surface area contributed by atoms with E-state index in [9.17, 15) is 14.4 Å². The van der Waals surface area contributed by atoms with Crippen molar-refractivity contribution in [1.29, 1.82) is 0 Å². The smallest absolute Gasteiger partial charge is 0.348 e. The van der Waals surface area contributed by atoms with Gasteiger partial charge in [-0.15, -0.1) is 0 Å². The molecule has 1 aromatic carbocycles. The van der Waals surface area contributed by atoms with Crippen LogP contribution in [0, 0.1) is 0 Å². The molecule has 0 saturated carbocycles. The number of fused-ring (bicyclic) bond motifs is 1. The highest BCUT2D eigenvalue weighted by Gasteiger charge is 2.24. The van der Waals surface area contributed by atoms with Gasteiger partial charge in [0.1, 0.15) is 5.03 Å². The van der Waals surface area contributed by atoms with Gasteiger partial charge in [0.25, 0.3) is 0 Å². The number of Topliss-reactive ketones (excluding diaryl/α,β-unsaturated/α-hetero) is 1. The van der Waals surface area contributed by atoms with Gasteiger partial charge in [0.2, 0.25) is 5.91 Å². The number of ether oxygens (including phenoxy) is 1. The summed E-state index contributed by atoms with van der Waals surface area (Å²) >= 11 is 1.31. The number of benzene rings is 1. The van der Waals surface area contributed by atoms with Crippen molar-refractivity contribution in [2.75, 3.05) is 17.7 Å². The maximum atomic E-state index is 12.8. The minimum Gasteiger partial charge on any atom is -0.376 e. The third-order valence-corrected chi connectivity index (χ3v) is 6.79. The van der Waals surface area contributed by atoms with Crippen molar-refractivity contribution >= 4 is 29.1 Å². The number of nitrogens with zero attached hydrogens (tertiary/aromatic N) is 2. The lowest BCUT2D eigenvalue weighted by Gasteiger charge is -2.24. The molecule has 164 valence electrons. The van der Waals surface area contributed by atoms with Gasteiger partial charge in [-0.25, -0.2) is 4.79 Å². The number of hydrogen-bond donors (Lipinski definition) is 1. The Hall–Kier alpha value is -2.45. The van der Waals surface area contributed by atoms with E-state index < -0.39 is 0 Å². The fourth-order valence-electron chi connectivity index (χ4n) is 4.17. The standard InChI is InChI=1S/C23H27N3O4S/c1-15(27)16-8-10-17(11-9-16)24-21(28)14-31-22-19-6-2-3-7-20(19)26(23(29)25-22)13-18-5-4-12-30-18/h8-11,18H,2-7,12-14H2,1H3,(H,24,28). The van der Waals surface area contributed by atoms with Gasteiger partial charge >= 0.3 is 5.69 Å². The highest BCUT2D eigenvalue weighted by Crippen LogP contribution is 2.29. The first-order chi connectivity index (χ1) is 15.0. The van der Waals surface area contributed by atoms with Gasteiger partial charge in [-0.1, -0.05) is 11.8 Å². The molecule has 8 heteroatoms. The summed E-state index contributed by atoms with van der Waals surface area (Å²) in [7, 11) is 0. The molecular weight excluding hydrogens is 414 g/mol. The van der Waals surface area contributed by atoms with E-state index in [4.69, 9.17) is 4.74 Å². The number of carbonyl (C=O) groups excluding carboxylic acids is 2. The Morgan fingerprint density at radius 1 is 1.19 bits per heavy atom. The van der Waals surface area contributed by atoms with Crippen LogP contribution in [-0.2, 0) is 28.9 Å². The number of rotatable bonds is 7. The van der Waals surface area contributed by atoms with Crippen molar-refractivity contribution in [2.45, 2.75) is 63.1 Å². The van der Waals surface area contributed by atoms with Gasteiger partial charge < -0.3 is 10.1 Å². The van der Waals surface area contributed by atoms with Crippen molar-refractivity contribution in [1.82, 2.24) is 9.55 Å². The molecule has 1 amide bonds. The van der Waals surface area contributed by atoms with Crippen LogP contribution in [0.15, 0.2) is 34.1 Å². The van der Waals surface area contributed by atoms with Crippen LogP contribution in [0.3, 0.4) is 0 Å². The zero-order chi connectivity index (χ0) is 21.8. The largest absolute Gasteiger partial charge is 0.376 e. The highest BCUT2D eigenvalue weighted by molar-refractivity contribution is 8.00. The van der Waals surface area contributed by atoms with Gasteiger partial charge in [0, 0.05) is 29.1 Å². The van der Waals surface area contributed by atoms with Crippen LogP contribution in [0.1, 0.15) is 54.2 Å². The average Bonchev–Trinajstić information content (AvgIpc) is 3.28. The van der Waals surface area contributed by atoms with E-state index in [1.807, 2.05) is 0 Å². The van der Waals surface area contributed by atoms with E-state index in [1.165, 1.54) is 18.7 Å². The van der Waals surface area contributed by atoms with E-state index in [0.29, 0.717) is 22.8 Å². The van der Waals surface area contributed by atoms with Crippen molar-refractivity contribution in [3.05, 3.63) is 51.6 Å². The van der Waals surface area contributed by atoms with E-state index in [1.54, 1.807) is 28.8 Å². The highest BCUT2D eigenvalue weighted by atomic mass is 32.2. The van der Waals surface area contributed by atoms with Gasteiger partial charge in [0.15, 0.2) is 5.78 Å². The predicted octanol–water partition coefficient (Wildman–Crippen LogP) is 3.23. The van der Waals surface area contributed by atoms with Gasteiger partial charge in [-0.3, -0.25) is 14.2 Å². The summed E-state index contributed by atoms with van der Waals surface area (Å²) in [4.78, 5) is 40.9. The Bertz CT molecular complexity index is 1030. The number of hydrogen-bond acceptors (Lipinski definition) is 6. The van der Waals surface area contributed by atoms with Crippen LogP contribution in [-0.4, -0.2) is 39.7 Å². The molecule has 1 fully saturated rings. The SMILES string of the molecule is CC(=O)c1ccc(NC(=O)CSc2nc(=O)n(CC3CCCO3)c3c2CCCC3)cc1. The first-order valence-corrected chi connectivity index (χ1v) is 11.8. The molecule has 1 N–H and O–H groups in total. The van der Waals surface area contributed by atoms with Crippen molar-refractivity contribution in [3.8, 4) is 0 Å². The second kappa shape index (κ2) is 9.78. The molecule has 2 heterocycles. The Kier molecular flexibility index (Phi) is 6.87. The van der Waals surface area contributed by atoms with Crippen LogP contribution in [0.5, 0.6) is 0 Å². The number of nitrogens with one attached hydrogen (secondary N) is 1. The second-order valence-corrected chi connectivity index (χ2v) is 9.01. The molecule has 0 spiro atoms. The number of carbonyl (C=O) groups is 2. The number of anilines is 1. The lowest BCUT2D eigenvalue weighted by atomic mass is 9.97. The molecule has 1 aliphatic carbocycles. The quantitative estimate of drug-likeness (QED) is 0.403. The van der Waals surface area contributed by atoms with Gasteiger partial charge in [-0.05, 0) is 69.7 Å². The van der Waals surface area contributed by atoms with E-state index in [2.05, 4.69) is 10.3 Å². The van der Waals surface area contributed by atoms with Gasteiger partial charge in [-0.2, -0.15) is 4.98 Å². The van der Waals surface area contributed by atoms with Gasteiger partial charge in [0.05, 0.1) is 18.4 Å². The van der Waals surface area contributed by atoms with Crippen molar-refractivity contribution in [3.63, 3.8) is 0 Å². The van der Waals surface area contributed by atoms with E-state index in [-0.39, 0.29) is 29.2 Å². The molecule has 1 aliphatic heterocycles. The maximum absolute atomic E-state index is 12.8. The molecule has 4 rings (SSSR count). The molecule has 1 atom stereocenters. The summed E-state index contributed by atoms with van der Waals surface area (Å²) in [6, 6.07) is 6.81. The Morgan fingerprint density at radius 3 is 2.68 bits per heavy atom. The Labute approximate surface area is 185 Å². The zero-order valence-electron chi connectivity index (χ0n) is 17.7. The summed E-state index contributed by atoms with van der Waals surface area (Å²) in [5.41, 5.74) is 3.15. The minimum atomic E-state index is -0.251. The van der Waals surface area contributed by atoms with Crippen LogP contribution < -0.4 is 11.0 Å². The predicted molar refractivity (Wildman–Crippen MR) is 120 cm³/mol. The monoisotopic (exact) mass is 441 g/mol. The molecule has 0 bridgehead atoms. The lowest BCUT2D eigenvalue weighted by Crippen LogP contribution is -2.34. The first kappa shape index (κ1) is 21.8. The lowest BCUT2D eigenvalue weighted by molar-refractivity contribution is -0.113. The molecular formula is C23H27N3O4S. The summed E-state index contributed by atoms with van der Waals surface area (Å²) in [6.07, 6.45) is 5.97. The molecule has 1 saturated heterocycles. The topological polar surface area (TPSA) is 90.3 Å². The fraction of sp³-hybridized carbons (Fsp3) is 0.478. The van der Waals surface area contributed by atoms with E-state index in [0.717, 1.165) is 56.4 Å². The molecule has 1 aromatic heterocycles. The maximum Gasteiger partial charge on any atom is 0.348 e. The molecule has 2 aliphatic rings. The molecule has 7 nitrogen and oxygen atoms in total. The summed E-state index contributed by atoms with van der Waals surface area (Å²) < 4.78 is 7.52. The minimum absolute atomic E-state index is 0.0153. The first-order valence-electron chi connectivity index (χ1n) is 10.8. The number of ketones is 1. The number of aromatic nitrogens is 2. The number of amides is 1. The van der Waals surface area contributed by atoms with Crippen LogP contribution in [0.4, 0.5) is 5.69 Å². The molecule has 0 radical (unpaired) electrons. The zero-order valence-corrected chi connectivity index (χ0v) is 18.5. The summed E-state index contributed by atoms with van der Waals surface area (Å²) in [6.45, 7) is 2.83. The molecule has 2 aromatic rings. The average molecular weight is 442 g/mol. The van der Waals surface area contributed by atoms with Crippen molar-refractivity contribution < 1.29 is 14.3 Å². The normalized spacial score (nSPS) is 17.9. The van der Waals surface area contributed by atoms with Crippen molar-refractivity contribution in [2.24, 2.45) is 0 Å². The van der Waals surface area contributed by atoms with Crippen LogP contribution in [0.25, 0.3) is 0 Å². The number of thioether (sulfide) groups is 1. The van der Waals surface area contributed by atoms with E-state index >= 15 is 0 Å². The van der Waals surface area contributed by atoms with Crippen LogP contribution in [0.2, 0.25) is 0 Å². The Balaban J connectivity index is 1.45.